The first-order valence-electron chi connectivity index (χ1n) is 18.1. The zero-order chi connectivity index (χ0) is 38.1. The summed E-state index contributed by atoms with van der Waals surface area (Å²) in [5, 5.41) is 0. The number of pyridine rings is 1. The van der Waals surface area contributed by atoms with Crippen LogP contribution in [0.25, 0.3) is 0 Å². The zero-order valence-corrected chi connectivity index (χ0v) is 31.3. The van der Waals surface area contributed by atoms with Crippen LogP contribution in [0.2, 0.25) is 0 Å². The average Bonchev–Trinajstić information content (AvgIpc) is 3.76. The van der Waals surface area contributed by atoms with Crippen molar-refractivity contribution in [1.29, 1.82) is 0 Å². The highest BCUT2D eigenvalue weighted by molar-refractivity contribution is 5.62. The third kappa shape index (κ3) is 14.0. The quantitative estimate of drug-likeness (QED) is 0.0424. The third-order valence-corrected chi connectivity index (χ3v) is 8.87. The van der Waals surface area contributed by atoms with Crippen molar-refractivity contribution in [3.63, 3.8) is 0 Å². The Balaban J connectivity index is 0.000000178. The standard InChI is InChI=1S/C14H24N3O.C13H19N4O.C13H16N3O/c1-17(7-2-3-8-17)9-4-10-18-14-6-5-12(15)11-13(14)16;1-16-6-7-17(10-16)5-2-8-18-13-4-3-11(14)9-12(13)15;14-11-4-5-13(12(15)10-11)17-9-8-16-6-2-1-3-7-16/h5-6,11H,2-4,7-10,15-16H2,1H3;3-4,6-7,9-10H,2,5,8,14-15H2,1H3;1-7,10H,8-9,14-15H2/q3*+1. The Morgan fingerprint density at radius 2 is 1.13 bits per heavy atom. The van der Waals surface area contributed by atoms with Crippen molar-refractivity contribution in [3.8, 4) is 17.2 Å². The molecular formula is C40H59N10O3+3. The number of quaternary nitrogens is 1. The molecule has 1 aliphatic heterocycles. The van der Waals surface area contributed by atoms with Gasteiger partial charge in [0.05, 0.1) is 70.6 Å². The predicted octanol–water partition coefficient (Wildman–Crippen LogP) is 4.02. The molecule has 284 valence electrons. The van der Waals surface area contributed by atoms with Gasteiger partial charge in [0.2, 0.25) is 6.33 Å². The third-order valence-electron chi connectivity index (χ3n) is 8.87. The van der Waals surface area contributed by atoms with Crippen LogP contribution >= 0.6 is 0 Å². The van der Waals surface area contributed by atoms with E-state index >= 15 is 0 Å². The van der Waals surface area contributed by atoms with Gasteiger partial charge in [0.25, 0.3) is 0 Å². The molecule has 0 atom stereocenters. The largest absolute Gasteiger partial charge is 0.491 e. The van der Waals surface area contributed by atoms with Gasteiger partial charge in [-0.15, -0.1) is 0 Å². The van der Waals surface area contributed by atoms with Gasteiger partial charge in [0.1, 0.15) is 36.2 Å². The molecule has 1 fully saturated rings. The van der Waals surface area contributed by atoms with Crippen molar-refractivity contribution >= 4 is 34.1 Å². The summed E-state index contributed by atoms with van der Waals surface area (Å²) >= 11 is 0. The Bertz CT molecular complexity index is 1830. The number of nitrogen functional groups attached to an aromatic ring is 6. The molecule has 3 aromatic carbocycles. The number of aryl methyl sites for hydroxylation is 2. The topological polar surface area (TPSA) is 196 Å². The molecule has 3 heterocycles. The smallest absolute Gasteiger partial charge is 0.243 e. The fourth-order valence-electron chi connectivity index (χ4n) is 5.95. The van der Waals surface area contributed by atoms with E-state index < -0.39 is 0 Å². The number of anilines is 6. The van der Waals surface area contributed by atoms with Gasteiger partial charge in [-0.1, -0.05) is 6.07 Å². The number of benzene rings is 3. The highest BCUT2D eigenvalue weighted by atomic mass is 16.5. The van der Waals surface area contributed by atoms with Crippen LogP contribution in [0.1, 0.15) is 25.7 Å². The van der Waals surface area contributed by atoms with E-state index in [4.69, 9.17) is 48.6 Å². The first-order chi connectivity index (χ1) is 25.5. The number of imidazole rings is 1. The summed E-state index contributed by atoms with van der Waals surface area (Å²) in [6, 6.07) is 21.9. The van der Waals surface area contributed by atoms with E-state index in [9.17, 15) is 0 Å². The number of aromatic nitrogens is 3. The van der Waals surface area contributed by atoms with Crippen LogP contribution in [0.3, 0.4) is 0 Å². The number of ether oxygens (including phenoxy) is 3. The van der Waals surface area contributed by atoms with Crippen LogP contribution in [-0.2, 0) is 20.1 Å². The molecule has 2 aromatic heterocycles. The maximum atomic E-state index is 5.84. The Morgan fingerprint density at radius 3 is 1.60 bits per heavy atom. The normalized spacial score (nSPS) is 12.9. The minimum atomic E-state index is 0.572. The number of nitrogens with zero attached hydrogens (tertiary/aromatic N) is 4. The summed E-state index contributed by atoms with van der Waals surface area (Å²) in [4.78, 5) is 0. The molecule has 13 nitrogen and oxygen atoms in total. The van der Waals surface area contributed by atoms with Crippen molar-refractivity contribution in [2.24, 2.45) is 7.05 Å². The van der Waals surface area contributed by atoms with E-state index in [1.165, 1.54) is 37.0 Å². The van der Waals surface area contributed by atoms with Gasteiger partial charge in [-0.05, 0) is 54.6 Å². The van der Waals surface area contributed by atoms with Crippen molar-refractivity contribution in [2.75, 3.05) is 80.9 Å². The van der Waals surface area contributed by atoms with Crippen LogP contribution < -0.4 is 57.7 Å². The molecule has 53 heavy (non-hydrogen) atoms. The van der Waals surface area contributed by atoms with Crippen molar-refractivity contribution < 1.29 is 27.8 Å². The molecule has 0 amide bonds. The first kappa shape index (κ1) is 40.0. The molecule has 12 N–H and O–H groups in total. The lowest BCUT2D eigenvalue weighted by Crippen LogP contribution is -2.42. The summed E-state index contributed by atoms with van der Waals surface area (Å²) in [5.74, 6) is 2.12. The molecule has 0 spiro atoms. The average molecular weight is 728 g/mol. The Hall–Kier alpha value is -5.82. The van der Waals surface area contributed by atoms with Crippen LogP contribution in [0, 0.1) is 0 Å². The Morgan fingerprint density at radius 1 is 0.642 bits per heavy atom. The summed E-state index contributed by atoms with van der Waals surface area (Å²) < 4.78 is 24.3. The molecule has 6 rings (SSSR count). The summed E-state index contributed by atoms with van der Waals surface area (Å²) in [6.07, 6.45) is 14.8. The van der Waals surface area contributed by atoms with E-state index in [1.54, 1.807) is 42.5 Å². The van der Waals surface area contributed by atoms with Crippen LogP contribution in [0.4, 0.5) is 34.1 Å². The number of hydrogen-bond acceptors (Lipinski definition) is 9. The molecule has 0 saturated carbocycles. The van der Waals surface area contributed by atoms with Crippen LogP contribution in [-0.4, -0.2) is 55.6 Å². The first-order valence-corrected chi connectivity index (χ1v) is 18.1. The zero-order valence-electron chi connectivity index (χ0n) is 31.3. The van der Waals surface area contributed by atoms with E-state index in [0.717, 1.165) is 38.3 Å². The summed E-state index contributed by atoms with van der Waals surface area (Å²) in [6.45, 7) is 7.45. The highest BCUT2D eigenvalue weighted by Gasteiger charge is 2.25. The van der Waals surface area contributed by atoms with Gasteiger partial charge in [0, 0.05) is 54.9 Å². The number of rotatable bonds is 14. The minimum Gasteiger partial charge on any atom is -0.491 e. The maximum Gasteiger partial charge on any atom is 0.243 e. The van der Waals surface area contributed by atoms with Gasteiger partial charge < -0.3 is 53.1 Å². The molecule has 1 aliphatic rings. The lowest BCUT2D eigenvalue weighted by atomic mass is 10.2. The van der Waals surface area contributed by atoms with Crippen molar-refractivity contribution in [1.82, 2.24) is 4.57 Å². The molecule has 13 heteroatoms. The van der Waals surface area contributed by atoms with Gasteiger partial charge in [-0.2, -0.15) is 0 Å². The SMILES string of the molecule is C[N+]1(CCCOc2ccc(N)cc2N)CCCC1.C[n+]1ccn(CCCOc2ccc(N)cc2N)c1.Nc1ccc(OCC[n+]2ccccc2)c(N)c1. The lowest BCUT2D eigenvalue weighted by molar-refractivity contribution is -0.897. The van der Waals surface area contributed by atoms with E-state index in [-0.39, 0.29) is 0 Å². The molecule has 0 aliphatic carbocycles. The van der Waals surface area contributed by atoms with Gasteiger partial charge in [-0.25, -0.2) is 13.7 Å². The fraction of sp³-hybridized carbons (Fsp3) is 0.350. The fourth-order valence-corrected chi connectivity index (χ4v) is 5.95. The minimum absolute atomic E-state index is 0.572. The number of hydrogen-bond donors (Lipinski definition) is 6. The second-order valence-electron chi connectivity index (χ2n) is 13.6. The van der Waals surface area contributed by atoms with Gasteiger partial charge in [-0.3, -0.25) is 0 Å². The van der Waals surface area contributed by atoms with Crippen LogP contribution in [0.5, 0.6) is 17.2 Å². The molecule has 1 saturated heterocycles. The lowest BCUT2D eigenvalue weighted by Gasteiger charge is -2.29. The van der Waals surface area contributed by atoms with E-state index in [1.807, 2.05) is 77.6 Å². The second kappa shape index (κ2) is 20.3. The number of likely N-dealkylation sites (tertiary alicyclic amines) is 1. The summed E-state index contributed by atoms with van der Waals surface area (Å²) in [5.41, 5.74) is 38.1. The second-order valence-corrected chi connectivity index (χ2v) is 13.6. The molecule has 0 unspecified atom stereocenters. The number of nitrogens with two attached hydrogens (primary N) is 6. The van der Waals surface area contributed by atoms with Gasteiger partial charge in [0.15, 0.2) is 18.9 Å². The van der Waals surface area contributed by atoms with E-state index in [0.29, 0.717) is 58.8 Å². The molecular weight excluding hydrogens is 669 g/mol. The summed E-state index contributed by atoms with van der Waals surface area (Å²) in [7, 11) is 4.34. The predicted molar refractivity (Wildman–Crippen MR) is 214 cm³/mol. The molecule has 0 bridgehead atoms. The van der Waals surface area contributed by atoms with Crippen molar-refractivity contribution in [2.45, 2.75) is 38.8 Å². The van der Waals surface area contributed by atoms with Crippen LogP contribution in [0.15, 0.2) is 104 Å². The Kier molecular flexibility index (Phi) is 15.3. The van der Waals surface area contributed by atoms with Crippen molar-refractivity contribution in [3.05, 3.63) is 104 Å². The highest BCUT2D eigenvalue weighted by Crippen LogP contribution is 2.25. The van der Waals surface area contributed by atoms with Gasteiger partial charge >= 0.3 is 0 Å². The van der Waals surface area contributed by atoms with E-state index in [2.05, 4.69) is 11.6 Å². The Labute approximate surface area is 313 Å². The molecule has 5 aromatic rings. The molecule has 0 radical (unpaired) electrons. The maximum absolute atomic E-state index is 5.84. The monoisotopic (exact) mass is 727 g/mol.